The van der Waals surface area contributed by atoms with Crippen molar-refractivity contribution in [3.63, 3.8) is 0 Å². The number of unbranched alkanes of at least 4 members (excludes halogenated alkanes) is 12. The van der Waals surface area contributed by atoms with Crippen LogP contribution in [0.15, 0.2) is 85.3 Å². The third-order valence-electron chi connectivity index (χ3n) is 7.86. The lowest BCUT2D eigenvalue weighted by Crippen LogP contribution is -2.27. The van der Waals surface area contributed by atoms with Crippen LogP contribution in [0.5, 0.6) is 0 Å². The van der Waals surface area contributed by atoms with Gasteiger partial charge in [-0.1, -0.05) is 132 Å². The van der Waals surface area contributed by atoms with E-state index in [1.54, 1.807) is 6.26 Å². The van der Waals surface area contributed by atoms with E-state index >= 15 is 0 Å². The molecule has 2 atom stereocenters. The zero-order valence-electron chi connectivity index (χ0n) is 32.8. The molecule has 0 saturated heterocycles. The number of ether oxygens (including phenoxy) is 2. The number of hydrogen-bond donors (Lipinski definition) is 2. The normalized spacial score (nSPS) is 14.4. The number of carbonyl (C=O) groups excluding carboxylic acids is 1. The summed E-state index contributed by atoms with van der Waals surface area (Å²) in [5.41, 5.74) is 5.35. The molecule has 0 rings (SSSR count). The van der Waals surface area contributed by atoms with Gasteiger partial charge in [-0.05, 0) is 89.5 Å². The van der Waals surface area contributed by atoms with E-state index < -0.39 is 19.9 Å². The number of nitrogens with two attached hydrogens (primary N) is 1. The zero-order chi connectivity index (χ0) is 38.1. The molecule has 1 unspecified atom stereocenters. The van der Waals surface area contributed by atoms with Gasteiger partial charge in [0.1, 0.15) is 6.61 Å². The van der Waals surface area contributed by atoms with E-state index in [9.17, 15) is 14.3 Å². The first-order chi connectivity index (χ1) is 25.4. The lowest BCUT2D eigenvalue weighted by Gasteiger charge is -2.19. The lowest BCUT2D eigenvalue weighted by atomic mass is 10.1. The highest BCUT2D eigenvalue weighted by molar-refractivity contribution is 7.47. The fourth-order valence-electron chi connectivity index (χ4n) is 4.93. The maximum Gasteiger partial charge on any atom is 0.472 e. The molecule has 0 aromatic carbocycles. The first kappa shape index (κ1) is 49.5. The second-order valence-corrected chi connectivity index (χ2v) is 14.3. The molecule has 52 heavy (non-hydrogen) atoms. The number of phosphoric acid groups is 1. The summed E-state index contributed by atoms with van der Waals surface area (Å²) < 4.78 is 33.0. The van der Waals surface area contributed by atoms with Crippen LogP contribution in [-0.4, -0.2) is 43.3 Å². The molecule has 0 aromatic heterocycles. The van der Waals surface area contributed by atoms with E-state index in [0.717, 1.165) is 64.2 Å². The highest BCUT2D eigenvalue weighted by Crippen LogP contribution is 2.43. The average Bonchev–Trinajstić information content (AvgIpc) is 3.13. The molecular weight excluding hydrogens is 673 g/mol. The summed E-state index contributed by atoms with van der Waals surface area (Å²) in [6.45, 7) is 4.02. The molecule has 0 aliphatic carbocycles. The lowest BCUT2D eigenvalue weighted by molar-refractivity contribution is -0.153. The van der Waals surface area contributed by atoms with Crippen LogP contribution in [0.3, 0.4) is 0 Å². The van der Waals surface area contributed by atoms with Crippen LogP contribution in [0.25, 0.3) is 0 Å². The summed E-state index contributed by atoms with van der Waals surface area (Å²) in [7, 11) is -4.31. The second-order valence-electron chi connectivity index (χ2n) is 12.8. The smallest absolute Gasteiger partial charge is 0.472 e. The maximum absolute atomic E-state index is 12.5. The van der Waals surface area contributed by atoms with E-state index in [-0.39, 0.29) is 32.8 Å². The van der Waals surface area contributed by atoms with Gasteiger partial charge in [-0.3, -0.25) is 13.8 Å². The van der Waals surface area contributed by atoms with Crippen LogP contribution in [-0.2, 0) is 27.9 Å². The predicted molar refractivity (Wildman–Crippen MR) is 219 cm³/mol. The number of allylic oxidation sites excluding steroid dienone is 13. The van der Waals surface area contributed by atoms with E-state index in [4.69, 9.17) is 24.3 Å². The molecule has 8 nitrogen and oxygen atoms in total. The van der Waals surface area contributed by atoms with Crippen LogP contribution in [0.4, 0.5) is 0 Å². The van der Waals surface area contributed by atoms with E-state index in [0.29, 0.717) is 6.42 Å². The largest absolute Gasteiger partial charge is 0.498 e. The Bertz CT molecular complexity index is 1060. The SMILES string of the molecule is CCC=CCC=CCC=CCC=CCC=CCCCC(=O)O[C@H](COC=CCCCCCCC=CCCCCCCCC)COP(=O)(O)OCCN. The summed E-state index contributed by atoms with van der Waals surface area (Å²) in [4.78, 5) is 22.4. The van der Waals surface area contributed by atoms with Gasteiger partial charge in [0.15, 0.2) is 6.10 Å². The highest BCUT2D eigenvalue weighted by Gasteiger charge is 2.25. The van der Waals surface area contributed by atoms with E-state index in [1.807, 2.05) is 6.08 Å². The van der Waals surface area contributed by atoms with Crippen molar-refractivity contribution < 1.29 is 32.8 Å². The second kappa shape index (κ2) is 39.7. The molecule has 0 aliphatic heterocycles. The number of hydrogen-bond acceptors (Lipinski definition) is 7. The Hall–Kier alpha value is -2.48. The molecule has 0 saturated carbocycles. The molecule has 0 heterocycles. The first-order valence-corrected chi connectivity index (χ1v) is 21.6. The Kier molecular flexibility index (Phi) is 37.8. The number of esters is 1. The minimum atomic E-state index is -4.31. The van der Waals surface area contributed by atoms with Gasteiger partial charge in [0.25, 0.3) is 0 Å². The van der Waals surface area contributed by atoms with Crippen LogP contribution in [0.2, 0.25) is 0 Å². The molecule has 0 fully saturated rings. The summed E-state index contributed by atoms with van der Waals surface area (Å²) in [5.74, 6) is -0.415. The van der Waals surface area contributed by atoms with Gasteiger partial charge in [-0.25, -0.2) is 4.57 Å². The first-order valence-electron chi connectivity index (χ1n) is 20.1. The Balaban J connectivity index is 4.27. The van der Waals surface area contributed by atoms with Crippen LogP contribution >= 0.6 is 7.82 Å². The molecule has 0 bridgehead atoms. The van der Waals surface area contributed by atoms with Crippen LogP contribution in [0.1, 0.15) is 149 Å². The van der Waals surface area contributed by atoms with Crippen molar-refractivity contribution in [2.75, 3.05) is 26.4 Å². The summed E-state index contributed by atoms with van der Waals surface area (Å²) >= 11 is 0. The molecule has 0 amide bonds. The van der Waals surface area contributed by atoms with Crippen LogP contribution in [0, 0.1) is 0 Å². The van der Waals surface area contributed by atoms with E-state index in [1.165, 1.54) is 57.8 Å². The van der Waals surface area contributed by atoms with Gasteiger partial charge >= 0.3 is 13.8 Å². The third-order valence-corrected chi connectivity index (χ3v) is 8.84. The van der Waals surface area contributed by atoms with Crippen molar-refractivity contribution in [1.82, 2.24) is 0 Å². The van der Waals surface area contributed by atoms with Gasteiger partial charge in [0.2, 0.25) is 0 Å². The monoisotopic (exact) mass is 748 g/mol. The van der Waals surface area contributed by atoms with Crippen molar-refractivity contribution in [3.8, 4) is 0 Å². The molecule has 0 radical (unpaired) electrons. The average molecular weight is 748 g/mol. The molecule has 0 spiro atoms. The molecule has 3 N–H and O–H groups in total. The fourth-order valence-corrected chi connectivity index (χ4v) is 5.70. The molecule has 298 valence electrons. The van der Waals surface area contributed by atoms with Crippen molar-refractivity contribution in [1.29, 1.82) is 0 Å². The number of carbonyl (C=O) groups is 1. The predicted octanol–water partition coefficient (Wildman–Crippen LogP) is 12.1. The standard InChI is InChI=1S/C43H74NO7P/c1-3-5-7-9-11-13-15-17-19-21-22-24-26-28-30-32-34-36-43(45)51-42(41-50-52(46,47)49-39-37-44)40-48-38-35-33-31-29-27-25-23-20-18-16-14-12-10-8-6-4-2/h5,7,11,13,17-20,22,24,28,30,35,38,42H,3-4,6,8-10,12,14-16,21,23,25-27,29,31-34,36-37,39-41,44H2,1-2H3,(H,46,47)/t42-/m1/s1. The van der Waals surface area contributed by atoms with Gasteiger partial charge < -0.3 is 20.1 Å². The Morgan fingerprint density at radius 3 is 1.65 bits per heavy atom. The summed E-state index contributed by atoms with van der Waals surface area (Å²) in [6, 6.07) is 0. The molecule has 9 heteroatoms. The fraction of sp³-hybridized carbons (Fsp3) is 0.651. The van der Waals surface area contributed by atoms with Crippen LogP contribution < -0.4 is 5.73 Å². The highest BCUT2D eigenvalue weighted by atomic mass is 31.2. The number of rotatable bonds is 37. The van der Waals surface area contributed by atoms with Crippen molar-refractivity contribution in [2.24, 2.45) is 5.73 Å². The Labute approximate surface area is 318 Å². The van der Waals surface area contributed by atoms with Gasteiger partial charge in [-0.2, -0.15) is 0 Å². The minimum absolute atomic E-state index is 0.00102. The summed E-state index contributed by atoms with van der Waals surface area (Å²) in [6.07, 6.45) is 51.3. The van der Waals surface area contributed by atoms with Gasteiger partial charge in [0, 0.05) is 13.0 Å². The number of phosphoric ester groups is 1. The third kappa shape index (κ3) is 38.7. The van der Waals surface area contributed by atoms with Crippen molar-refractivity contribution in [3.05, 3.63) is 85.3 Å². The molecule has 0 aliphatic rings. The van der Waals surface area contributed by atoms with Gasteiger partial charge in [0.05, 0.1) is 19.5 Å². The Morgan fingerprint density at radius 1 is 0.615 bits per heavy atom. The zero-order valence-corrected chi connectivity index (χ0v) is 33.7. The quantitative estimate of drug-likeness (QED) is 0.0212. The molecule has 0 aromatic rings. The van der Waals surface area contributed by atoms with Crippen molar-refractivity contribution >= 4 is 13.8 Å². The van der Waals surface area contributed by atoms with E-state index in [2.05, 4.69) is 86.8 Å². The van der Waals surface area contributed by atoms with Crippen molar-refractivity contribution in [2.45, 2.75) is 155 Å². The minimum Gasteiger partial charge on any atom is -0.498 e. The maximum atomic E-state index is 12.5. The Morgan fingerprint density at radius 2 is 1.10 bits per heavy atom. The molecular formula is C43H74NO7P. The topological polar surface area (TPSA) is 117 Å². The summed E-state index contributed by atoms with van der Waals surface area (Å²) in [5, 5.41) is 0. The van der Waals surface area contributed by atoms with Gasteiger partial charge in [-0.15, -0.1) is 0 Å².